The van der Waals surface area contributed by atoms with Crippen molar-refractivity contribution in [2.45, 2.75) is 6.42 Å². The number of benzene rings is 1. The van der Waals surface area contributed by atoms with E-state index in [4.69, 9.17) is 17.3 Å². The van der Waals surface area contributed by atoms with Crippen LogP contribution in [-0.4, -0.2) is 23.6 Å². The average molecular weight is 237 g/mol. The monoisotopic (exact) mass is 236 g/mol. The number of hydrogen-bond donors (Lipinski definition) is 2. The number of anilines is 1. The van der Waals surface area contributed by atoms with Gasteiger partial charge in [-0.25, -0.2) is 9.97 Å². The molecule has 0 spiro atoms. The molecule has 0 aliphatic heterocycles. The molecule has 0 aliphatic rings. The molecule has 0 saturated heterocycles. The van der Waals surface area contributed by atoms with Gasteiger partial charge >= 0.3 is 0 Å². The number of nitrogen functional groups attached to an aromatic ring is 1. The second-order valence-electron chi connectivity index (χ2n) is 3.54. The Morgan fingerprint density at radius 3 is 2.94 bits per heavy atom. The summed E-state index contributed by atoms with van der Waals surface area (Å²) in [6.45, 7) is 0.855. The van der Waals surface area contributed by atoms with E-state index in [-0.39, 0.29) is 0 Å². The summed E-state index contributed by atoms with van der Waals surface area (Å²) in [5, 5.41) is 4.75. The van der Waals surface area contributed by atoms with Gasteiger partial charge < -0.3 is 11.1 Å². The molecule has 3 N–H and O–H groups in total. The molecular formula is C11H13ClN4. The molecule has 0 radical (unpaired) electrons. The Kier molecular flexibility index (Phi) is 3.22. The zero-order valence-corrected chi connectivity index (χ0v) is 9.75. The topological polar surface area (TPSA) is 63.8 Å². The van der Waals surface area contributed by atoms with E-state index in [0.29, 0.717) is 11.0 Å². The van der Waals surface area contributed by atoms with Crippen LogP contribution in [0.5, 0.6) is 0 Å². The first-order valence-corrected chi connectivity index (χ1v) is 5.45. The van der Waals surface area contributed by atoms with E-state index in [1.165, 1.54) is 0 Å². The summed E-state index contributed by atoms with van der Waals surface area (Å²) in [7, 11) is 1.91. The van der Waals surface area contributed by atoms with E-state index in [2.05, 4.69) is 15.3 Å². The summed E-state index contributed by atoms with van der Waals surface area (Å²) in [6, 6.07) is 5.58. The smallest absolute Gasteiger partial charge is 0.220 e. The number of rotatable bonds is 3. The quantitative estimate of drug-likeness (QED) is 0.850. The molecule has 1 aromatic carbocycles. The number of nitrogens with two attached hydrogens (primary N) is 1. The van der Waals surface area contributed by atoms with Crippen LogP contribution in [-0.2, 0) is 6.42 Å². The molecule has 2 rings (SSSR count). The van der Waals surface area contributed by atoms with Gasteiger partial charge in [0.25, 0.3) is 0 Å². The number of nitrogens with one attached hydrogen (secondary N) is 1. The van der Waals surface area contributed by atoms with E-state index >= 15 is 0 Å². The highest BCUT2D eigenvalue weighted by molar-refractivity contribution is 6.31. The van der Waals surface area contributed by atoms with Gasteiger partial charge in [-0.15, -0.1) is 0 Å². The third-order valence-corrected chi connectivity index (χ3v) is 2.60. The molecule has 0 atom stereocenters. The summed E-state index contributed by atoms with van der Waals surface area (Å²) in [5.74, 6) is 0.292. The number of nitrogens with zero attached hydrogens (tertiary/aromatic N) is 2. The Balaban J connectivity index is 2.54. The molecule has 2 aromatic rings. The molecule has 4 nitrogen and oxygen atoms in total. The van der Waals surface area contributed by atoms with Gasteiger partial charge in [-0.3, -0.25) is 0 Å². The fraction of sp³-hybridized carbons (Fsp3) is 0.273. The van der Waals surface area contributed by atoms with E-state index < -0.39 is 0 Å². The van der Waals surface area contributed by atoms with Gasteiger partial charge in [-0.05, 0) is 25.2 Å². The number of aromatic nitrogens is 2. The van der Waals surface area contributed by atoms with Gasteiger partial charge in [0.05, 0.1) is 11.2 Å². The summed E-state index contributed by atoms with van der Waals surface area (Å²) in [4.78, 5) is 8.42. The Labute approximate surface area is 98.8 Å². The molecule has 0 unspecified atom stereocenters. The highest BCUT2D eigenvalue weighted by atomic mass is 35.5. The number of likely N-dealkylation sites (N-methyl/N-ethyl adjacent to an activating group) is 1. The van der Waals surface area contributed by atoms with Crippen molar-refractivity contribution in [1.82, 2.24) is 15.3 Å². The summed E-state index contributed by atoms with van der Waals surface area (Å²) < 4.78 is 0. The van der Waals surface area contributed by atoms with Crippen LogP contribution >= 0.6 is 11.6 Å². The van der Waals surface area contributed by atoms with Gasteiger partial charge in [0.1, 0.15) is 0 Å². The van der Waals surface area contributed by atoms with E-state index in [0.717, 1.165) is 29.6 Å². The lowest BCUT2D eigenvalue weighted by atomic mass is 10.1. The molecule has 16 heavy (non-hydrogen) atoms. The molecule has 0 bridgehead atoms. The Morgan fingerprint density at radius 2 is 2.19 bits per heavy atom. The number of fused-ring (bicyclic) bond motifs is 1. The first kappa shape index (κ1) is 11.1. The fourth-order valence-electron chi connectivity index (χ4n) is 1.62. The lowest BCUT2D eigenvalue weighted by molar-refractivity contribution is 0.780. The molecule has 1 heterocycles. The van der Waals surface area contributed by atoms with Crippen LogP contribution in [0, 0.1) is 0 Å². The minimum Gasteiger partial charge on any atom is -0.368 e. The standard InChI is InChI=1S/C11H13ClN4/c1-14-5-4-9-8-3-2-7(12)6-10(8)16-11(13)15-9/h2-3,6,14H,4-5H2,1H3,(H2,13,15,16). The van der Waals surface area contributed by atoms with Gasteiger partial charge in [-0.2, -0.15) is 0 Å². The third kappa shape index (κ3) is 2.23. The van der Waals surface area contributed by atoms with E-state index in [1.807, 2.05) is 19.2 Å². The summed E-state index contributed by atoms with van der Waals surface area (Å²) in [5.41, 5.74) is 7.41. The van der Waals surface area contributed by atoms with Crippen molar-refractivity contribution < 1.29 is 0 Å². The largest absolute Gasteiger partial charge is 0.368 e. The lowest BCUT2D eigenvalue weighted by Crippen LogP contribution is -2.12. The molecule has 0 aliphatic carbocycles. The van der Waals surface area contributed by atoms with Crippen LogP contribution in [0.2, 0.25) is 5.02 Å². The Hall–Kier alpha value is -1.39. The third-order valence-electron chi connectivity index (χ3n) is 2.37. The van der Waals surface area contributed by atoms with Crippen molar-refractivity contribution in [3.05, 3.63) is 28.9 Å². The maximum Gasteiger partial charge on any atom is 0.220 e. The molecule has 0 amide bonds. The highest BCUT2D eigenvalue weighted by Gasteiger charge is 2.06. The van der Waals surface area contributed by atoms with Crippen LogP contribution in [0.4, 0.5) is 5.95 Å². The lowest BCUT2D eigenvalue weighted by Gasteiger charge is -2.06. The zero-order valence-electron chi connectivity index (χ0n) is 9.00. The summed E-state index contributed by atoms with van der Waals surface area (Å²) >= 11 is 5.91. The SMILES string of the molecule is CNCCc1nc(N)nc2cc(Cl)ccc12. The minimum atomic E-state index is 0.292. The van der Waals surface area contributed by atoms with Crippen molar-refractivity contribution in [3.8, 4) is 0 Å². The van der Waals surface area contributed by atoms with Crippen molar-refractivity contribution >= 4 is 28.5 Å². The van der Waals surface area contributed by atoms with Gasteiger partial charge in [0.15, 0.2) is 0 Å². The molecule has 0 fully saturated rings. The molecule has 0 saturated carbocycles. The predicted molar refractivity (Wildman–Crippen MR) is 66.6 cm³/mol. The van der Waals surface area contributed by atoms with Gasteiger partial charge in [0, 0.05) is 23.4 Å². The first-order chi connectivity index (χ1) is 7.70. The maximum absolute atomic E-state index is 5.91. The van der Waals surface area contributed by atoms with Crippen molar-refractivity contribution in [1.29, 1.82) is 0 Å². The second kappa shape index (κ2) is 4.63. The van der Waals surface area contributed by atoms with E-state index in [9.17, 15) is 0 Å². The van der Waals surface area contributed by atoms with Crippen molar-refractivity contribution in [2.75, 3.05) is 19.3 Å². The second-order valence-corrected chi connectivity index (χ2v) is 3.98. The zero-order chi connectivity index (χ0) is 11.5. The average Bonchev–Trinajstić information content (AvgIpc) is 2.25. The summed E-state index contributed by atoms with van der Waals surface area (Å²) in [6.07, 6.45) is 0.821. The van der Waals surface area contributed by atoms with Crippen LogP contribution in [0.25, 0.3) is 10.9 Å². The molecule has 5 heteroatoms. The number of halogens is 1. The van der Waals surface area contributed by atoms with Crippen LogP contribution in [0.15, 0.2) is 18.2 Å². The van der Waals surface area contributed by atoms with E-state index in [1.54, 1.807) is 6.07 Å². The maximum atomic E-state index is 5.91. The van der Waals surface area contributed by atoms with Crippen molar-refractivity contribution in [3.63, 3.8) is 0 Å². The van der Waals surface area contributed by atoms with Crippen LogP contribution < -0.4 is 11.1 Å². The number of hydrogen-bond acceptors (Lipinski definition) is 4. The Morgan fingerprint density at radius 1 is 1.38 bits per heavy atom. The van der Waals surface area contributed by atoms with Gasteiger partial charge in [-0.1, -0.05) is 11.6 Å². The van der Waals surface area contributed by atoms with Gasteiger partial charge in [0.2, 0.25) is 5.95 Å². The van der Waals surface area contributed by atoms with Crippen molar-refractivity contribution in [2.24, 2.45) is 0 Å². The minimum absolute atomic E-state index is 0.292. The fourth-order valence-corrected chi connectivity index (χ4v) is 1.79. The first-order valence-electron chi connectivity index (χ1n) is 5.07. The highest BCUT2D eigenvalue weighted by Crippen LogP contribution is 2.21. The molecular weight excluding hydrogens is 224 g/mol. The molecule has 84 valence electrons. The normalized spacial score (nSPS) is 10.9. The predicted octanol–water partition coefficient (Wildman–Crippen LogP) is 1.63. The van der Waals surface area contributed by atoms with Crippen LogP contribution in [0.1, 0.15) is 5.69 Å². The molecule has 1 aromatic heterocycles. The van der Waals surface area contributed by atoms with Crippen LogP contribution in [0.3, 0.4) is 0 Å². The Bertz CT molecular complexity index is 507.